The second kappa shape index (κ2) is 4.66. The van der Waals surface area contributed by atoms with Crippen LogP contribution in [0, 0.1) is 0 Å². The van der Waals surface area contributed by atoms with Crippen molar-refractivity contribution in [2.45, 2.75) is 25.9 Å². The number of hydrogen-bond acceptors (Lipinski definition) is 2. The van der Waals surface area contributed by atoms with Gasteiger partial charge in [0.2, 0.25) is 0 Å². The van der Waals surface area contributed by atoms with Gasteiger partial charge in [-0.3, -0.25) is 0 Å². The van der Waals surface area contributed by atoms with Gasteiger partial charge in [-0.2, -0.15) is 0 Å². The number of aliphatic hydroxyl groups is 1. The zero-order valence-corrected chi connectivity index (χ0v) is 8.79. The molecule has 0 spiro atoms. The fraction of sp³-hybridized carbons (Fsp3) is 0.667. The Morgan fingerprint density at radius 2 is 2.00 bits per heavy atom. The van der Waals surface area contributed by atoms with Crippen LogP contribution in [-0.2, 0) is 0 Å². The van der Waals surface area contributed by atoms with Crippen molar-refractivity contribution in [2.24, 2.45) is 0 Å². The molecule has 1 rings (SSSR count). The first-order valence-corrected chi connectivity index (χ1v) is 4.93. The van der Waals surface area contributed by atoms with Crippen molar-refractivity contribution in [3.63, 3.8) is 0 Å². The number of carboxylic acid groups (broad SMARTS) is 1. The van der Waals surface area contributed by atoms with Gasteiger partial charge in [-0.1, -0.05) is 11.6 Å². The summed E-state index contributed by atoms with van der Waals surface area (Å²) in [5.41, 5.74) is 0.971. The fourth-order valence-electron chi connectivity index (χ4n) is 1.50. The summed E-state index contributed by atoms with van der Waals surface area (Å²) in [5.74, 6) is 0. The molecule has 0 bridgehead atoms. The number of halogens is 1. The van der Waals surface area contributed by atoms with E-state index in [0.29, 0.717) is 31.0 Å². The molecule has 1 unspecified atom stereocenters. The lowest BCUT2D eigenvalue weighted by molar-refractivity contribution is 0.141. The topological polar surface area (TPSA) is 60.8 Å². The molecule has 0 aromatic heterocycles. The summed E-state index contributed by atoms with van der Waals surface area (Å²) in [4.78, 5) is 11.9. The highest BCUT2D eigenvalue weighted by molar-refractivity contribution is 6.30. The average Bonchev–Trinajstić information content (AvgIpc) is 2.16. The summed E-state index contributed by atoms with van der Waals surface area (Å²) in [6, 6.07) is 0. The summed E-state index contributed by atoms with van der Waals surface area (Å²) in [6.07, 6.45) is -0.299. The minimum absolute atomic E-state index is 0.466. The number of aliphatic hydroxyl groups excluding tert-OH is 1. The van der Waals surface area contributed by atoms with Crippen LogP contribution in [0.4, 0.5) is 4.79 Å². The summed E-state index contributed by atoms with van der Waals surface area (Å²) in [5, 5.41) is 18.4. The molecule has 0 radical (unpaired) electrons. The third-order valence-electron chi connectivity index (χ3n) is 2.34. The molecule has 1 fully saturated rings. The molecular formula is C9H14ClNO3. The number of amides is 1. The number of piperidine rings is 1. The second-order valence-electron chi connectivity index (χ2n) is 3.40. The van der Waals surface area contributed by atoms with E-state index in [1.165, 1.54) is 4.90 Å². The van der Waals surface area contributed by atoms with Gasteiger partial charge in [0.15, 0.2) is 0 Å². The van der Waals surface area contributed by atoms with Crippen molar-refractivity contribution in [1.82, 2.24) is 4.90 Å². The molecule has 0 aliphatic carbocycles. The van der Waals surface area contributed by atoms with Crippen LogP contribution in [0.3, 0.4) is 0 Å². The largest absolute Gasteiger partial charge is 0.465 e. The van der Waals surface area contributed by atoms with Gasteiger partial charge in [-0.15, -0.1) is 0 Å². The highest BCUT2D eigenvalue weighted by atomic mass is 35.5. The van der Waals surface area contributed by atoms with Gasteiger partial charge in [0.25, 0.3) is 0 Å². The molecule has 5 heteroatoms. The van der Waals surface area contributed by atoms with Crippen molar-refractivity contribution in [3.05, 3.63) is 10.6 Å². The van der Waals surface area contributed by atoms with Gasteiger partial charge in [-0.05, 0) is 25.3 Å². The molecule has 1 aliphatic heterocycles. The normalized spacial score (nSPS) is 19.4. The van der Waals surface area contributed by atoms with Gasteiger partial charge < -0.3 is 15.1 Å². The van der Waals surface area contributed by atoms with Crippen molar-refractivity contribution in [3.8, 4) is 0 Å². The Bertz CT molecular complexity index is 253. The predicted molar refractivity (Wildman–Crippen MR) is 53.4 cm³/mol. The molecule has 14 heavy (non-hydrogen) atoms. The van der Waals surface area contributed by atoms with E-state index in [0.717, 1.165) is 5.57 Å². The van der Waals surface area contributed by atoms with Crippen LogP contribution in [0.25, 0.3) is 0 Å². The molecule has 1 saturated heterocycles. The Kier molecular flexibility index (Phi) is 3.77. The van der Waals surface area contributed by atoms with E-state index in [4.69, 9.17) is 16.7 Å². The predicted octanol–water partition coefficient (Wildman–Crippen LogP) is 1.63. The number of likely N-dealkylation sites (tertiary alicyclic amines) is 1. The van der Waals surface area contributed by atoms with E-state index < -0.39 is 12.2 Å². The van der Waals surface area contributed by atoms with Crippen LogP contribution >= 0.6 is 11.6 Å². The lowest BCUT2D eigenvalue weighted by atomic mass is 10.0. The van der Waals surface area contributed by atoms with E-state index in [2.05, 4.69) is 0 Å². The van der Waals surface area contributed by atoms with E-state index in [1.54, 1.807) is 6.92 Å². The van der Waals surface area contributed by atoms with Gasteiger partial charge >= 0.3 is 6.09 Å². The number of rotatable bonds is 1. The molecule has 1 atom stereocenters. The molecule has 1 heterocycles. The monoisotopic (exact) mass is 219 g/mol. The van der Waals surface area contributed by atoms with Crippen molar-refractivity contribution >= 4 is 17.7 Å². The summed E-state index contributed by atoms with van der Waals surface area (Å²) in [6.45, 7) is 2.54. The van der Waals surface area contributed by atoms with Crippen molar-refractivity contribution < 1.29 is 15.0 Å². The molecule has 0 aromatic rings. The Hall–Kier alpha value is -0.740. The first-order chi connectivity index (χ1) is 6.52. The first-order valence-electron chi connectivity index (χ1n) is 4.55. The Morgan fingerprint density at radius 1 is 1.50 bits per heavy atom. The zero-order valence-electron chi connectivity index (χ0n) is 8.03. The molecule has 4 nitrogen and oxygen atoms in total. The molecule has 2 N–H and O–H groups in total. The number of hydrogen-bond donors (Lipinski definition) is 2. The fourth-order valence-corrected chi connectivity index (χ4v) is 1.69. The van der Waals surface area contributed by atoms with Crippen LogP contribution in [0.15, 0.2) is 10.6 Å². The van der Waals surface area contributed by atoms with Gasteiger partial charge in [-0.25, -0.2) is 4.79 Å². The van der Waals surface area contributed by atoms with E-state index in [9.17, 15) is 9.90 Å². The van der Waals surface area contributed by atoms with Crippen LogP contribution in [0.2, 0.25) is 0 Å². The van der Waals surface area contributed by atoms with E-state index in [1.807, 2.05) is 0 Å². The average molecular weight is 220 g/mol. The van der Waals surface area contributed by atoms with Gasteiger partial charge in [0.1, 0.15) is 0 Å². The molecule has 0 saturated carbocycles. The third-order valence-corrected chi connectivity index (χ3v) is 2.93. The van der Waals surface area contributed by atoms with Gasteiger partial charge in [0, 0.05) is 18.1 Å². The van der Waals surface area contributed by atoms with Crippen LogP contribution in [-0.4, -0.2) is 40.4 Å². The zero-order chi connectivity index (χ0) is 10.7. The number of nitrogens with zero attached hydrogens (tertiary/aromatic N) is 1. The summed E-state index contributed by atoms with van der Waals surface area (Å²) in [7, 11) is 0. The lowest BCUT2D eigenvalue weighted by Crippen LogP contribution is -2.35. The SMILES string of the molecule is CC(O)C(Cl)=C1CCN(C(=O)O)CC1. The third kappa shape index (κ3) is 2.62. The van der Waals surface area contributed by atoms with Crippen molar-refractivity contribution in [1.29, 1.82) is 0 Å². The van der Waals surface area contributed by atoms with Crippen LogP contribution < -0.4 is 0 Å². The van der Waals surface area contributed by atoms with Crippen LogP contribution in [0.1, 0.15) is 19.8 Å². The standard InChI is InChI=1S/C9H14ClNO3/c1-6(12)8(10)7-2-4-11(5-3-7)9(13)14/h6,12H,2-5H2,1H3,(H,13,14). The van der Waals surface area contributed by atoms with E-state index in [-0.39, 0.29) is 0 Å². The maximum atomic E-state index is 10.6. The molecule has 1 amide bonds. The molecule has 1 aliphatic rings. The molecular weight excluding hydrogens is 206 g/mol. The highest BCUT2D eigenvalue weighted by Gasteiger charge is 2.20. The van der Waals surface area contributed by atoms with Crippen LogP contribution in [0.5, 0.6) is 0 Å². The maximum absolute atomic E-state index is 10.6. The first kappa shape index (κ1) is 11.3. The van der Waals surface area contributed by atoms with Crippen molar-refractivity contribution in [2.75, 3.05) is 13.1 Å². The minimum Gasteiger partial charge on any atom is -0.465 e. The quantitative estimate of drug-likeness (QED) is 0.705. The number of carbonyl (C=O) groups is 1. The Morgan fingerprint density at radius 3 is 2.36 bits per heavy atom. The maximum Gasteiger partial charge on any atom is 0.407 e. The lowest BCUT2D eigenvalue weighted by Gasteiger charge is -2.26. The van der Waals surface area contributed by atoms with E-state index >= 15 is 0 Å². The summed E-state index contributed by atoms with van der Waals surface area (Å²) >= 11 is 5.89. The Labute approximate surface area is 87.8 Å². The minimum atomic E-state index is -0.891. The highest BCUT2D eigenvalue weighted by Crippen LogP contribution is 2.24. The Balaban J connectivity index is 2.59. The summed E-state index contributed by atoms with van der Waals surface area (Å²) < 4.78 is 0. The molecule has 80 valence electrons. The van der Waals surface area contributed by atoms with Gasteiger partial charge in [0.05, 0.1) is 6.10 Å². The molecule has 0 aromatic carbocycles. The smallest absolute Gasteiger partial charge is 0.407 e. The second-order valence-corrected chi connectivity index (χ2v) is 3.80.